The van der Waals surface area contributed by atoms with Crippen molar-refractivity contribution in [3.63, 3.8) is 0 Å². The SMILES string of the molecule is COC(=O)CC[C@H](C)[C@H]1CCC2C3CCC4C[C@@H](NCCN)CCC4(C)C3CC[C@@]21C. The number of fused-ring (bicyclic) bond motifs is 5. The first-order valence-corrected chi connectivity index (χ1v) is 13.3. The van der Waals surface area contributed by atoms with E-state index in [1.807, 2.05) is 0 Å². The summed E-state index contributed by atoms with van der Waals surface area (Å²) < 4.78 is 4.91. The predicted octanol–water partition coefficient (Wildman–Crippen LogP) is 5.15. The molecule has 0 aliphatic heterocycles. The lowest BCUT2D eigenvalue weighted by atomic mass is 9.44. The Morgan fingerprint density at radius 1 is 1.06 bits per heavy atom. The van der Waals surface area contributed by atoms with Crippen LogP contribution in [0.4, 0.5) is 0 Å². The van der Waals surface area contributed by atoms with Crippen molar-refractivity contribution in [1.29, 1.82) is 0 Å². The highest BCUT2D eigenvalue weighted by Crippen LogP contribution is 2.68. The molecule has 4 aliphatic rings. The summed E-state index contributed by atoms with van der Waals surface area (Å²) in [6.07, 6.45) is 14.2. The summed E-state index contributed by atoms with van der Waals surface area (Å²) in [7, 11) is 1.51. The molecule has 178 valence electrons. The third kappa shape index (κ3) is 4.21. The minimum Gasteiger partial charge on any atom is -0.469 e. The molecular formula is C27H48N2O2. The van der Waals surface area contributed by atoms with Gasteiger partial charge in [-0.1, -0.05) is 20.8 Å². The number of methoxy groups -OCH3 is 1. The zero-order chi connectivity index (χ0) is 22.2. The van der Waals surface area contributed by atoms with Crippen molar-refractivity contribution in [3.8, 4) is 0 Å². The molecule has 4 heteroatoms. The summed E-state index contributed by atoms with van der Waals surface area (Å²) in [4.78, 5) is 11.7. The topological polar surface area (TPSA) is 64.3 Å². The number of ether oxygens (including phenoxy) is 1. The second-order valence-electron chi connectivity index (χ2n) is 12.2. The molecule has 31 heavy (non-hydrogen) atoms. The van der Waals surface area contributed by atoms with Crippen LogP contribution in [0.25, 0.3) is 0 Å². The van der Waals surface area contributed by atoms with Gasteiger partial charge >= 0.3 is 5.97 Å². The fraction of sp³-hybridized carbons (Fsp3) is 0.963. The van der Waals surface area contributed by atoms with Crippen molar-refractivity contribution in [1.82, 2.24) is 5.32 Å². The van der Waals surface area contributed by atoms with Crippen LogP contribution in [0.15, 0.2) is 0 Å². The maximum absolute atomic E-state index is 11.7. The molecule has 0 bridgehead atoms. The summed E-state index contributed by atoms with van der Waals surface area (Å²) in [6.45, 7) is 9.42. The van der Waals surface area contributed by atoms with Crippen LogP contribution in [-0.4, -0.2) is 32.2 Å². The second kappa shape index (κ2) is 9.33. The van der Waals surface area contributed by atoms with E-state index in [0.717, 1.165) is 49.1 Å². The van der Waals surface area contributed by atoms with Gasteiger partial charge in [0, 0.05) is 25.6 Å². The first-order valence-electron chi connectivity index (χ1n) is 13.3. The van der Waals surface area contributed by atoms with Crippen molar-refractivity contribution in [3.05, 3.63) is 0 Å². The third-order valence-electron chi connectivity index (χ3n) is 11.0. The number of hydrogen-bond acceptors (Lipinski definition) is 4. The van der Waals surface area contributed by atoms with Crippen LogP contribution in [0.3, 0.4) is 0 Å². The molecule has 0 aromatic carbocycles. The fourth-order valence-corrected chi connectivity index (χ4v) is 9.35. The Bertz CT molecular complexity index is 639. The van der Waals surface area contributed by atoms with E-state index < -0.39 is 0 Å². The van der Waals surface area contributed by atoms with Gasteiger partial charge in [-0.2, -0.15) is 0 Å². The second-order valence-corrected chi connectivity index (χ2v) is 12.2. The molecule has 4 saturated carbocycles. The Hall–Kier alpha value is -0.610. The molecule has 0 amide bonds. The van der Waals surface area contributed by atoms with E-state index in [9.17, 15) is 4.79 Å². The molecule has 0 aromatic rings. The molecule has 3 N–H and O–H groups in total. The summed E-state index contributed by atoms with van der Waals surface area (Å²) in [5.74, 6) is 5.04. The first-order chi connectivity index (χ1) is 14.8. The minimum atomic E-state index is -0.0435. The summed E-state index contributed by atoms with van der Waals surface area (Å²) in [5, 5.41) is 3.72. The van der Waals surface area contributed by atoms with Crippen molar-refractivity contribution in [2.24, 2.45) is 52.1 Å². The van der Waals surface area contributed by atoms with Crippen molar-refractivity contribution in [2.45, 2.75) is 97.4 Å². The molecule has 0 heterocycles. The van der Waals surface area contributed by atoms with Gasteiger partial charge in [-0.15, -0.1) is 0 Å². The van der Waals surface area contributed by atoms with Gasteiger partial charge in [-0.25, -0.2) is 0 Å². The molecule has 4 nitrogen and oxygen atoms in total. The highest BCUT2D eigenvalue weighted by atomic mass is 16.5. The lowest BCUT2D eigenvalue weighted by Gasteiger charge is -2.61. The number of carbonyl (C=O) groups excluding carboxylic acids is 1. The van der Waals surface area contributed by atoms with Crippen LogP contribution in [0, 0.1) is 46.3 Å². The van der Waals surface area contributed by atoms with Gasteiger partial charge in [0.1, 0.15) is 0 Å². The van der Waals surface area contributed by atoms with Crippen LogP contribution < -0.4 is 11.1 Å². The quantitative estimate of drug-likeness (QED) is 0.546. The summed E-state index contributed by atoms with van der Waals surface area (Å²) in [5.41, 5.74) is 6.78. The van der Waals surface area contributed by atoms with Crippen LogP contribution >= 0.6 is 0 Å². The number of nitrogens with one attached hydrogen (secondary N) is 1. The zero-order valence-corrected chi connectivity index (χ0v) is 20.6. The van der Waals surface area contributed by atoms with Gasteiger partial charge in [0.15, 0.2) is 0 Å². The number of hydrogen-bond donors (Lipinski definition) is 2. The van der Waals surface area contributed by atoms with E-state index in [0.29, 0.717) is 29.2 Å². The molecule has 0 saturated heterocycles. The molecule has 4 fully saturated rings. The van der Waals surface area contributed by atoms with Gasteiger partial charge in [0.2, 0.25) is 0 Å². The van der Waals surface area contributed by atoms with Gasteiger partial charge in [0.25, 0.3) is 0 Å². The molecule has 4 rings (SSSR count). The lowest BCUT2D eigenvalue weighted by molar-refractivity contribution is -0.141. The average molecular weight is 433 g/mol. The molecule has 9 atom stereocenters. The van der Waals surface area contributed by atoms with Crippen molar-refractivity contribution >= 4 is 5.97 Å². The molecule has 0 spiro atoms. The number of nitrogens with two attached hydrogens (primary N) is 1. The third-order valence-corrected chi connectivity index (χ3v) is 11.0. The Balaban J connectivity index is 1.43. The van der Waals surface area contributed by atoms with Crippen LogP contribution in [0.1, 0.15) is 91.4 Å². The van der Waals surface area contributed by atoms with Crippen LogP contribution in [0.2, 0.25) is 0 Å². The molecule has 4 aliphatic carbocycles. The number of rotatable bonds is 7. The average Bonchev–Trinajstić information content (AvgIpc) is 3.13. The van der Waals surface area contributed by atoms with E-state index in [1.54, 1.807) is 0 Å². The van der Waals surface area contributed by atoms with Crippen molar-refractivity contribution < 1.29 is 9.53 Å². The van der Waals surface area contributed by atoms with E-state index in [2.05, 4.69) is 26.1 Å². The van der Waals surface area contributed by atoms with Gasteiger partial charge in [-0.3, -0.25) is 4.79 Å². The van der Waals surface area contributed by atoms with E-state index in [-0.39, 0.29) is 5.97 Å². The highest BCUT2D eigenvalue weighted by Gasteiger charge is 2.60. The largest absolute Gasteiger partial charge is 0.469 e. The summed E-state index contributed by atoms with van der Waals surface area (Å²) >= 11 is 0. The normalized spacial score (nSPS) is 45.3. The Morgan fingerprint density at radius 3 is 2.55 bits per heavy atom. The standard InChI is InChI=1S/C27H48N2O2/c1-18(5-10-25(30)31-4)22-8-9-23-21-7-6-19-17-20(29-16-15-28)11-13-26(19,2)24(21)12-14-27(22,23)3/h18-24,29H,5-17,28H2,1-4H3/t18-,19?,20-,21?,22+,23?,24?,26?,27+/m0/s1. The Labute approximate surface area is 190 Å². The minimum absolute atomic E-state index is 0.0435. The van der Waals surface area contributed by atoms with E-state index in [4.69, 9.17) is 10.5 Å². The van der Waals surface area contributed by atoms with Crippen LogP contribution in [-0.2, 0) is 9.53 Å². The fourth-order valence-electron chi connectivity index (χ4n) is 9.35. The molecule has 5 unspecified atom stereocenters. The lowest BCUT2D eigenvalue weighted by Crippen LogP contribution is -2.55. The van der Waals surface area contributed by atoms with Gasteiger partial charge in [0.05, 0.1) is 7.11 Å². The summed E-state index contributed by atoms with van der Waals surface area (Å²) in [6, 6.07) is 0.693. The highest BCUT2D eigenvalue weighted by molar-refractivity contribution is 5.69. The maximum Gasteiger partial charge on any atom is 0.305 e. The van der Waals surface area contributed by atoms with E-state index >= 15 is 0 Å². The molecule has 0 aromatic heterocycles. The molecular weight excluding hydrogens is 384 g/mol. The monoisotopic (exact) mass is 432 g/mol. The smallest absolute Gasteiger partial charge is 0.305 e. The Kier molecular flexibility index (Phi) is 7.09. The predicted molar refractivity (Wildman–Crippen MR) is 126 cm³/mol. The number of esters is 1. The van der Waals surface area contributed by atoms with Crippen molar-refractivity contribution in [2.75, 3.05) is 20.2 Å². The number of carbonyl (C=O) groups is 1. The Morgan fingerprint density at radius 2 is 1.81 bits per heavy atom. The zero-order valence-electron chi connectivity index (χ0n) is 20.6. The van der Waals surface area contributed by atoms with Gasteiger partial charge in [-0.05, 0) is 111 Å². The maximum atomic E-state index is 11.7. The first kappa shape index (κ1) is 23.5. The van der Waals surface area contributed by atoms with Gasteiger partial charge < -0.3 is 15.8 Å². The van der Waals surface area contributed by atoms with E-state index in [1.165, 1.54) is 64.9 Å². The van der Waals surface area contributed by atoms with Crippen LogP contribution in [0.5, 0.6) is 0 Å². The molecule has 0 radical (unpaired) electrons.